The van der Waals surface area contributed by atoms with Gasteiger partial charge in [-0.1, -0.05) is 31.2 Å². The van der Waals surface area contributed by atoms with Crippen molar-refractivity contribution in [2.45, 2.75) is 32.7 Å². The average Bonchev–Trinajstić information content (AvgIpc) is 3.17. The number of nitrogens with one attached hydrogen (secondary N) is 1. The number of hydrogen-bond donors (Lipinski definition) is 1. The van der Waals surface area contributed by atoms with E-state index < -0.39 is 0 Å². The van der Waals surface area contributed by atoms with E-state index in [1.807, 2.05) is 6.07 Å². The largest absolute Gasteiger partial charge is 0.491 e. The van der Waals surface area contributed by atoms with Crippen molar-refractivity contribution in [3.05, 3.63) is 57.0 Å². The zero-order valence-electron chi connectivity index (χ0n) is 17.9. The standard InChI is InChI=1S/C24H28N4O2S/c1-2-15-30-19-9-5-4-8-18(19)28-13-11-27(12-14-28)16-21-25-23(29)22-17-7-3-6-10-20(17)31-24(22)26-21/h3-5,7-9H,2,6,10-16H2,1H3,(H,25,26,29). The maximum atomic E-state index is 12.8. The van der Waals surface area contributed by atoms with Gasteiger partial charge in [0.05, 0.1) is 24.2 Å². The van der Waals surface area contributed by atoms with Gasteiger partial charge in [-0.2, -0.15) is 0 Å². The van der Waals surface area contributed by atoms with Gasteiger partial charge in [-0.05, 0) is 31.4 Å². The van der Waals surface area contributed by atoms with E-state index in [9.17, 15) is 4.79 Å². The first-order chi connectivity index (χ1) is 15.2. The fraction of sp³-hybridized carbons (Fsp3) is 0.417. The Bertz CT molecular complexity index is 1160. The molecule has 1 aliphatic carbocycles. The van der Waals surface area contributed by atoms with Gasteiger partial charge >= 0.3 is 0 Å². The first kappa shape index (κ1) is 20.3. The summed E-state index contributed by atoms with van der Waals surface area (Å²) in [5.41, 5.74) is 2.23. The molecule has 5 rings (SSSR count). The van der Waals surface area contributed by atoms with Gasteiger partial charge in [0.25, 0.3) is 5.56 Å². The lowest BCUT2D eigenvalue weighted by atomic mass is 10.0. The Labute approximate surface area is 186 Å². The number of H-pyrrole nitrogens is 1. The van der Waals surface area contributed by atoms with Crippen LogP contribution in [0.3, 0.4) is 0 Å². The molecule has 7 heteroatoms. The molecule has 31 heavy (non-hydrogen) atoms. The summed E-state index contributed by atoms with van der Waals surface area (Å²) in [4.78, 5) is 27.5. The fourth-order valence-electron chi connectivity index (χ4n) is 4.38. The van der Waals surface area contributed by atoms with Gasteiger partial charge < -0.3 is 14.6 Å². The number of aryl methyl sites for hydroxylation is 1. The Balaban J connectivity index is 1.28. The number of hydrogen-bond acceptors (Lipinski definition) is 6. The molecular weight excluding hydrogens is 408 g/mol. The first-order valence-electron chi connectivity index (χ1n) is 11.1. The molecule has 0 amide bonds. The lowest BCUT2D eigenvalue weighted by Crippen LogP contribution is -2.46. The topological polar surface area (TPSA) is 61.5 Å². The quantitative estimate of drug-likeness (QED) is 0.632. The monoisotopic (exact) mass is 436 g/mol. The molecule has 2 aliphatic rings. The number of allylic oxidation sites excluding steroid dienone is 1. The highest BCUT2D eigenvalue weighted by Crippen LogP contribution is 2.33. The summed E-state index contributed by atoms with van der Waals surface area (Å²) in [6.07, 6.45) is 7.28. The summed E-state index contributed by atoms with van der Waals surface area (Å²) in [6, 6.07) is 8.29. The minimum absolute atomic E-state index is 0.00955. The Morgan fingerprint density at radius 2 is 2.03 bits per heavy atom. The van der Waals surface area contributed by atoms with E-state index in [4.69, 9.17) is 9.72 Å². The molecule has 0 atom stereocenters. The number of aromatic amines is 1. The summed E-state index contributed by atoms with van der Waals surface area (Å²) < 4.78 is 5.94. The second kappa shape index (κ2) is 8.85. The van der Waals surface area contributed by atoms with E-state index >= 15 is 0 Å². The number of anilines is 1. The number of aromatic nitrogens is 2. The molecule has 1 saturated heterocycles. The van der Waals surface area contributed by atoms with Crippen molar-refractivity contribution < 1.29 is 4.74 Å². The van der Waals surface area contributed by atoms with Crippen LogP contribution in [0.5, 0.6) is 5.75 Å². The molecular formula is C24H28N4O2S. The lowest BCUT2D eigenvalue weighted by Gasteiger charge is -2.36. The van der Waals surface area contributed by atoms with Gasteiger partial charge in [0.15, 0.2) is 0 Å². The molecule has 6 nitrogen and oxygen atoms in total. The molecule has 3 aromatic rings. The Hall–Kier alpha value is -2.64. The number of piperazine rings is 1. The molecule has 1 fully saturated rings. The number of benzene rings is 1. The highest BCUT2D eigenvalue weighted by molar-refractivity contribution is 7.19. The third-order valence-electron chi connectivity index (χ3n) is 5.96. The van der Waals surface area contributed by atoms with Crippen molar-refractivity contribution >= 4 is 33.3 Å². The lowest BCUT2D eigenvalue weighted by molar-refractivity contribution is 0.242. The molecule has 0 radical (unpaired) electrons. The Morgan fingerprint density at radius 3 is 2.87 bits per heavy atom. The van der Waals surface area contributed by atoms with Crippen LogP contribution in [0.25, 0.3) is 16.3 Å². The number of para-hydroxylation sites is 2. The predicted octanol–water partition coefficient (Wildman–Crippen LogP) is 4.06. The molecule has 0 bridgehead atoms. The molecule has 0 spiro atoms. The third-order valence-corrected chi connectivity index (χ3v) is 7.12. The smallest absolute Gasteiger partial charge is 0.260 e. The van der Waals surface area contributed by atoms with E-state index in [-0.39, 0.29) is 5.56 Å². The van der Waals surface area contributed by atoms with Crippen LogP contribution in [0.1, 0.15) is 36.0 Å². The molecule has 1 aromatic carbocycles. The summed E-state index contributed by atoms with van der Waals surface area (Å²) in [5.74, 6) is 1.73. The van der Waals surface area contributed by atoms with Gasteiger partial charge in [0.2, 0.25) is 0 Å². The van der Waals surface area contributed by atoms with Crippen molar-refractivity contribution in [3.8, 4) is 5.75 Å². The number of ether oxygens (including phenoxy) is 1. The van der Waals surface area contributed by atoms with Gasteiger partial charge in [-0.3, -0.25) is 9.69 Å². The van der Waals surface area contributed by atoms with Gasteiger partial charge in [-0.15, -0.1) is 11.3 Å². The summed E-state index contributed by atoms with van der Waals surface area (Å²) in [6.45, 7) is 7.24. The van der Waals surface area contributed by atoms with E-state index in [2.05, 4.69) is 52.1 Å². The second-order valence-electron chi connectivity index (χ2n) is 8.15. The first-order valence-corrected chi connectivity index (χ1v) is 11.9. The maximum Gasteiger partial charge on any atom is 0.260 e. The van der Waals surface area contributed by atoms with Crippen molar-refractivity contribution in [3.63, 3.8) is 0 Å². The predicted molar refractivity (Wildman–Crippen MR) is 127 cm³/mol. The van der Waals surface area contributed by atoms with Crippen LogP contribution < -0.4 is 15.2 Å². The van der Waals surface area contributed by atoms with Crippen LogP contribution in [0.4, 0.5) is 5.69 Å². The molecule has 0 unspecified atom stereocenters. The van der Waals surface area contributed by atoms with Gasteiger partial charge in [0.1, 0.15) is 16.4 Å². The third kappa shape index (κ3) is 4.12. The summed E-state index contributed by atoms with van der Waals surface area (Å²) in [5, 5.41) is 0.758. The van der Waals surface area contributed by atoms with Crippen LogP contribution in [-0.2, 0) is 13.0 Å². The maximum absolute atomic E-state index is 12.8. The van der Waals surface area contributed by atoms with Crippen LogP contribution >= 0.6 is 11.3 Å². The van der Waals surface area contributed by atoms with Crippen molar-refractivity contribution in [2.75, 3.05) is 37.7 Å². The molecule has 3 heterocycles. The average molecular weight is 437 g/mol. The van der Waals surface area contributed by atoms with Crippen LogP contribution in [0, 0.1) is 0 Å². The van der Waals surface area contributed by atoms with E-state index in [1.54, 1.807) is 11.3 Å². The second-order valence-corrected chi connectivity index (χ2v) is 9.24. The SMILES string of the molecule is CCCOc1ccccc1N1CCN(Cc2nc3sc4c(c3c(=O)[nH]2)C=CCC4)CC1. The normalized spacial score (nSPS) is 16.6. The summed E-state index contributed by atoms with van der Waals surface area (Å²) >= 11 is 1.67. The molecule has 162 valence electrons. The van der Waals surface area contributed by atoms with Gasteiger partial charge in [0, 0.05) is 36.6 Å². The van der Waals surface area contributed by atoms with Crippen LogP contribution in [0.2, 0.25) is 0 Å². The zero-order valence-corrected chi connectivity index (χ0v) is 18.7. The Morgan fingerprint density at radius 1 is 1.19 bits per heavy atom. The minimum Gasteiger partial charge on any atom is -0.491 e. The van der Waals surface area contributed by atoms with E-state index in [0.29, 0.717) is 6.54 Å². The van der Waals surface area contributed by atoms with Crippen LogP contribution in [0.15, 0.2) is 35.1 Å². The van der Waals surface area contributed by atoms with Gasteiger partial charge in [-0.25, -0.2) is 4.98 Å². The molecule has 0 saturated carbocycles. The van der Waals surface area contributed by atoms with E-state index in [0.717, 1.165) is 79.4 Å². The zero-order chi connectivity index (χ0) is 21.2. The van der Waals surface area contributed by atoms with Crippen molar-refractivity contribution in [1.29, 1.82) is 0 Å². The van der Waals surface area contributed by atoms with Crippen LogP contribution in [-0.4, -0.2) is 47.7 Å². The fourth-order valence-corrected chi connectivity index (χ4v) is 5.58. The highest BCUT2D eigenvalue weighted by Gasteiger charge is 2.22. The highest BCUT2D eigenvalue weighted by atomic mass is 32.1. The Kier molecular flexibility index (Phi) is 5.78. The number of fused-ring (bicyclic) bond motifs is 3. The number of thiophene rings is 1. The summed E-state index contributed by atoms with van der Waals surface area (Å²) in [7, 11) is 0. The molecule has 1 N–H and O–H groups in total. The van der Waals surface area contributed by atoms with Crippen molar-refractivity contribution in [1.82, 2.24) is 14.9 Å². The van der Waals surface area contributed by atoms with E-state index in [1.165, 1.54) is 10.6 Å². The molecule has 1 aliphatic heterocycles. The van der Waals surface area contributed by atoms with Crippen molar-refractivity contribution in [2.24, 2.45) is 0 Å². The molecule has 2 aromatic heterocycles. The minimum atomic E-state index is -0.00955. The number of nitrogens with zero attached hydrogens (tertiary/aromatic N) is 3. The number of rotatable bonds is 6.